The number of fused-ring (bicyclic) bond motifs is 1. The van der Waals surface area contributed by atoms with Crippen molar-refractivity contribution < 1.29 is 9.47 Å². The summed E-state index contributed by atoms with van der Waals surface area (Å²) in [4.78, 5) is 2.70. The van der Waals surface area contributed by atoms with Crippen LogP contribution < -0.4 is 0 Å². The summed E-state index contributed by atoms with van der Waals surface area (Å²) in [5.41, 5.74) is 0.637. The van der Waals surface area contributed by atoms with E-state index in [9.17, 15) is 0 Å². The summed E-state index contributed by atoms with van der Waals surface area (Å²) >= 11 is 0. The highest BCUT2D eigenvalue weighted by molar-refractivity contribution is 5.22. The van der Waals surface area contributed by atoms with E-state index in [1.807, 2.05) is 13.8 Å². The van der Waals surface area contributed by atoms with Crippen LogP contribution in [0.15, 0.2) is 0 Å². The van der Waals surface area contributed by atoms with Crippen LogP contribution in [0.25, 0.3) is 0 Å². The van der Waals surface area contributed by atoms with Crippen molar-refractivity contribution in [3.05, 3.63) is 0 Å². The molecular weight excluding hydrogens is 226 g/mol. The molecule has 0 N–H and O–H groups in total. The molecule has 1 unspecified atom stereocenters. The van der Waals surface area contributed by atoms with E-state index in [-0.39, 0.29) is 11.3 Å². The van der Waals surface area contributed by atoms with Gasteiger partial charge >= 0.3 is 0 Å². The van der Waals surface area contributed by atoms with Gasteiger partial charge in [0, 0.05) is 23.0 Å². The molecule has 0 aromatic rings. The molecule has 104 valence electrons. The Hall–Kier alpha value is -0.120. The molecule has 3 aliphatic rings. The molecule has 0 radical (unpaired) electrons. The summed E-state index contributed by atoms with van der Waals surface area (Å²) in [6.45, 7) is 14.2. The first-order chi connectivity index (χ1) is 8.16. The molecule has 2 heterocycles. The predicted octanol–water partition coefficient (Wildman–Crippen LogP) is 2.79. The molecule has 1 saturated carbocycles. The molecule has 2 saturated heterocycles. The molecule has 18 heavy (non-hydrogen) atoms. The molecular formula is C15H27NO2. The number of piperidine rings is 1. The minimum absolute atomic E-state index is 0.261. The van der Waals surface area contributed by atoms with Gasteiger partial charge in [-0.2, -0.15) is 0 Å². The minimum atomic E-state index is -0.384. The molecule has 3 rings (SSSR count). The summed E-state index contributed by atoms with van der Waals surface area (Å²) in [5, 5.41) is 0. The number of hydrogen-bond acceptors (Lipinski definition) is 3. The molecule has 1 aliphatic carbocycles. The van der Waals surface area contributed by atoms with Gasteiger partial charge in [-0.05, 0) is 54.4 Å². The highest BCUT2D eigenvalue weighted by Crippen LogP contribution is 2.65. The van der Waals surface area contributed by atoms with Crippen molar-refractivity contribution in [3.8, 4) is 0 Å². The molecule has 0 bridgehead atoms. The highest BCUT2D eigenvalue weighted by Gasteiger charge is 2.70. The maximum atomic E-state index is 6.14. The molecule has 3 heteroatoms. The van der Waals surface area contributed by atoms with Crippen molar-refractivity contribution in [2.24, 2.45) is 5.41 Å². The zero-order chi connectivity index (χ0) is 13.3. The number of nitrogens with zero attached hydrogens (tertiary/aromatic N) is 1. The fraction of sp³-hybridized carbons (Fsp3) is 1.00. The molecule has 3 fully saturated rings. The third-order valence-electron chi connectivity index (χ3n) is 4.99. The maximum absolute atomic E-state index is 6.14. The Kier molecular flexibility index (Phi) is 2.51. The molecule has 4 atom stereocenters. The van der Waals surface area contributed by atoms with E-state index in [0.29, 0.717) is 23.6 Å². The van der Waals surface area contributed by atoms with E-state index in [2.05, 4.69) is 32.6 Å². The van der Waals surface area contributed by atoms with Gasteiger partial charge in [0.15, 0.2) is 5.79 Å². The minimum Gasteiger partial charge on any atom is -0.348 e. The van der Waals surface area contributed by atoms with Crippen LogP contribution in [0.5, 0.6) is 0 Å². The Labute approximate surface area is 111 Å². The molecule has 0 aromatic heterocycles. The van der Waals surface area contributed by atoms with Gasteiger partial charge < -0.3 is 9.47 Å². The largest absolute Gasteiger partial charge is 0.348 e. The second-order valence-corrected chi connectivity index (χ2v) is 7.90. The van der Waals surface area contributed by atoms with Crippen LogP contribution in [-0.4, -0.2) is 41.0 Å². The normalized spacial score (nSPS) is 47.3. The van der Waals surface area contributed by atoms with Gasteiger partial charge in [-0.1, -0.05) is 0 Å². The van der Waals surface area contributed by atoms with Crippen molar-refractivity contribution in [2.45, 2.75) is 83.9 Å². The summed E-state index contributed by atoms with van der Waals surface area (Å²) < 4.78 is 11.9. The molecule has 0 spiro atoms. The average molecular weight is 253 g/mol. The standard InChI is InChI=1S/C15H27NO2/c1-10-7-15(12-9-17-14(5,6)18-12)8-11(15)16(10)13(2,3)4/h10-12H,7-9H2,1-6H3/t10-,11-,12?,15-/m1/s1. The van der Waals surface area contributed by atoms with Crippen LogP contribution in [0.3, 0.4) is 0 Å². The van der Waals surface area contributed by atoms with Crippen molar-refractivity contribution in [1.82, 2.24) is 4.90 Å². The summed E-state index contributed by atoms with van der Waals surface area (Å²) in [5.74, 6) is -0.384. The first kappa shape index (κ1) is 12.9. The van der Waals surface area contributed by atoms with Crippen molar-refractivity contribution in [2.75, 3.05) is 6.61 Å². The lowest BCUT2D eigenvalue weighted by molar-refractivity contribution is -0.146. The smallest absolute Gasteiger partial charge is 0.163 e. The van der Waals surface area contributed by atoms with Crippen LogP contribution in [0.2, 0.25) is 0 Å². The second kappa shape index (κ2) is 3.50. The quantitative estimate of drug-likeness (QED) is 0.717. The van der Waals surface area contributed by atoms with Gasteiger partial charge in [0.1, 0.15) is 0 Å². The molecule has 0 amide bonds. The van der Waals surface area contributed by atoms with Crippen LogP contribution >= 0.6 is 0 Å². The third-order valence-corrected chi connectivity index (χ3v) is 4.99. The fourth-order valence-electron chi connectivity index (χ4n) is 4.43. The summed E-state index contributed by atoms with van der Waals surface area (Å²) in [6.07, 6.45) is 2.85. The second-order valence-electron chi connectivity index (χ2n) is 7.90. The Bertz CT molecular complexity index is 360. The lowest BCUT2D eigenvalue weighted by atomic mass is 9.94. The monoisotopic (exact) mass is 253 g/mol. The number of rotatable bonds is 1. The van der Waals surface area contributed by atoms with E-state index in [1.165, 1.54) is 12.8 Å². The number of likely N-dealkylation sites (tertiary alicyclic amines) is 1. The van der Waals surface area contributed by atoms with Crippen molar-refractivity contribution >= 4 is 0 Å². The summed E-state index contributed by atoms with van der Waals surface area (Å²) in [6, 6.07) is 1.37. The fourth-order valence-corrected chi connectivity index (χ4v) is 4.43. The van der Waals surface area contributed by atoms with Crippen LogP contribution in [-0.2, 0) is 9.47 Å². The van der Waals surface area contributed by atoms with Crippen LogP contribution in [0.1, 0.15) is 54.4 Å². The van der Waals surface area contributed by atoms with E-state index >= 15 is 0 Å². The van der Waals surface area contributed by atoms with E-state index in [1.54, 1.807) is 0 Å². The van der Waals surface area contributed by atoms with Gasteiger partial charge in [0.2, 0.25) is 0 Å². The van der Waals surface area contributed by atoms with Crippen molar-refractivity contribution in [3.63, 3.8) is 0 Å². The SMILES string of the molecule is C[C@@H]1C[C@@]2(C3COC(C)(C)O3)C[C@H]2N1C(C)(C)C. The maximum Gasteiger partial charge on any atom is 0.163 e. The Morgan fingerprint density at radius 3 is 2.28 bits per heavy atom. The lowest BCUT2D eigenvalue weighted by Crippen LogP contribution is -2.45. The number of hydrogen-bond donors (Lipinski definition) is 0. The summed E-state index contributed by atoms with van der Waals surface area (Å²) in [7, 11) is 0. The first-order valence-electron chi connectivity index (χ1n) is 7.26. The van der Waals surface area contributed by atoms with E-state index < -0.39 is 0 Å². The van der Waals surface area contributed by atoms with Gasteiger partial charge in [-0.15, -0.1) is 0 Å². The Balaban J connectivity index is 1.78. The highest BCUT2D eigenvalue weighted by atomic mass is 16.7. The van der Waals surface area contributed by atoms with E-state index in [4.69, 9.17) is 9.47 Å². The molecule has 3 nitrogen and oxygen atoms in total. The van der Waals surface area contributed by atoms with Crippen LogP contribution in [0.4, 0.5) is 0 Å². The van der Waals surface area contributed by atoms with Crippen LogP contribution in [0, 0.1) is 5.41 Å². The van der Waals surface area contributed by atoms with Gasteiger partial charge in [0.05, 0.1) is 12.7 Å². The van der Waals surface area contributed by atoms with Gasteiger partial charge in [-0.25, -0.2) is 0 Å². The Morgan fingerprint density at radius 1 is 1.17 bits per heavy atom. The number of ether oxygens (including phenoxy) is 2. The lowest BCUT2D eigenvalue weighted by Gasteiger charge is -2.37. The molecule has 2 aliphatic heterocycles. The van der Waals surface area contributed by atoms with Gasteiger partial charge in [0.25, 0.3) is 0 Å². The molecule has 0 aromatic carbocycles. The first-order valence-corrected chi connectivity index (χ1v) is 7.26. The zero-order valence-corrected chi connectivity index (χ0v) is 12.6. The van der Waals surface area contributed by atoms with E-state index in [0.717, 1.165) is 6.61 Å². The zero-order valence-electron chi connectivity index (χ0n) is 12.6. The van der Waals surface area contributed by atoms with Crippen molar-refractivity contribution in [1.29, 1.82) is 0 Å². The topological polar surface area (TPSA) is 21.7 Å². The van der Waals surface area contributed by atoms with Gasteiger partial charge in [-0.3, -0.25) is 4.90 Å². The average Bonchev–Trinajstić information content (AvgIpc) is 2.61. The predicted molar refractivity (Wildman–Crippen MR) is 71.4 cm³/mol. The third kappa shape index (κ3) is 1.75. The Morgan fingerprint density at radius 2 is 1.83 bits per heavy atom.